The Labute approximate surface area is 162 Å². The van der Waals surface area contributed by atoms with Gasteiger partial charge in [0.1, 0.15) is 11.8 Å². The fraction of sp³-hybridized carbons (Fsp3) is 0.350. The minimum atomic E-state index is -0.0317. The molecule has 0 atom stereocenters. The number of nitrogens with zero attached hydrogens (tertiary/aromatic N) is 6. The van der Waals surface area contributed by atoms with Crippen molar-refractivity contribution in [2.24, 2.45) is 5.92 Å². The molecule has 1 fully saturated rings. The highest BCUT2D eigenvalue weighted by Crippen LogP contribution is 2.24. The van der Waals surface area contributed by atoms with E-state index in [4.69, 9.17) is 4.74 Å². The fourth-order valence-electron chi connectivity index (χ4n) is 3.64. The van der Waals surface area contributed by atoms with Gasteiger partial charge in [-0.25, -0.2) is 15.0 Å². The van der Waals surface area contributed by atoms with Crippen molar-refractivity contribution in [1.29, 1.82) is 5.26 Å². The molecule has 3 aromatic rings. The maximum absolute atomic E-state index is 12.8. The van der Waals surface area contributed by atoms with Crippen LogP contribution in [0.2, 0.25) is 0 Å². The molecule has 0 aliphatic carbocycles. The number of rotatable bonds is 4. The van der Waals surface area contributed by atoms with E-state index in [1.54, 1.807) is 42.4 Å². The molecule has 8 heteroatoms. The molecule has 142 valence electrons. The zero-order chi connectivity index (χ0) is 19.5. The van der Waals surface area contributed by atoms with Crippen molar-refractivity contribution in [3.05, 3.63) is 53.0 Å². The van der Waals surface area contributed by atoms with Gasteiger partial charge in [0, 0.05) is 38.1 Å². The van der Waals surface area contributed by atoms with Gasteiger partial charge in [0.05, 0.1) is 24.3 Å². The molecule has 4 rings (SSSR count). The standard InChI is InChI=1S/C20H20N6O2/c1-28-15-2-3-16-17(10-15)24-13-26(20(16)27)12-14-4-8-25(9-5-14)19-18(11-21)22-6-7-23-19/h2-3,6-7,10,13-14H,4-5,8-9,12H2,1H3. The SMILES string of the molecule is COc1ccc2c(=O)n(CC3CCN(c4nccnc4C#N)CC3)cnc2c1. The van der Waals surface area contributed by atoms with E-state index in [0.29, 0.717) is 40.6 Å². The third-order valence-corrected chi connectivity index (χ3v) is 5.19. The highest BCUT2D eigenvalue weighted by Gasteiger charge is 2.23. The maximum atomic E-state index is 12.8. The lowest BCUT2D eigenvalue weighted by Crippen LogP contribution is -2.37. The van der Waals surface area contributed by atoms with Crippen molar-refractivity contribution in [2.75, 3.05) is 25.1 Å². The van der Waals surface area contributed by atoms with E-state index in [9.17, 15) is 10.1 Å². The minimum Gasteiger partial charge on any atom is -0.497 e. The van der Waals surface area contributed by atoms with Crippen LogP contribution >= 0.6 is 0 Å². The van der Waals surface area contributed by atoms with E-state index in [2.05, 4.69) is 25.9 Å². The lowest BCUT2D eigenvalue weighted by Gasteiger charge is -2.33. The lowest BCUT2D eigenvalue weighted by atomic mass is 9.96. The van der Waals surface area contributed by atoms with Gasteiger partial charge in [-0.05, 0) is 30.9 Å². The van der Waals surface area contributed by atoms with Gasteiger partial charge in [0.2, 0.25) is 0 Å². The Morgan fingerprint density at radius 2 is 2.00 bits per heavy atom. The first-order valence-corrected chi connectivity index (χ1v) is 9.19. The smallest absolute Gasteiger partial charge is 0.261 e. The van der Waals surface area contributed by atoms with Crippen LogP contribution in [0.3, 0.4) is 0 Å². The van der Waals surface area contributed by atoms with E-state index in [1.807, 2.05) is 0 Å². The number of benzene rings is 1. The molecule has 0 amide bonds. The highest BCUT2D eigenvalue weighted by atomic mass is 16.5. The van der Waals surface area contributed by atoms with Crippen LogP contribution in [0, 0.1) is 17.2 Å². The first-order chi connectivity index (χ1) is 13.7. The molecule has 3 heterocycles. The lowest BCUT2D eigenvalue weighted by molar-refractivity contribution is 0.351. The Bertz CT molecular complexity index is 1100. The molecule has 28 heavy (non-hydrogen) atoms. The molecule has 0 unspecified atom stereocenters. The molecule has 0 spiro atoms. The number of fused-ring (bicyclic) bond motifs is 1. The van der Waals surface area contributed by atoms with E-state index >= 15 is 0 Å². The molecule has 0 N–H and O–H groups in total. The average molecular weight is 376 g/mol. The molecule has 1 aromatic carbocycles. The normalized spacial score (nSPS) is 14.8. The van der Waals surface area contributed by atoms with Gasteiger partial charge in [-0.2, -0.15) is 5.26 Å². The summed E-state index contributed by atoms with van der Waals surface area (Å²) in [6.45, 7) is 2.20. The van der Waals surface area contributed by atoms with Gasteiger partial charge in [-0.1, -0.05) is 0 Å². The van der Waals surface area contributed by atoms with Gasteiger partial charge in [0.25, 0.3) is 5.56 Å². The number of hydrogen-bond donors (Lipinski definition) is 0. The summed E-state index contributed by atoms with van der Waals surface area (Å²) in [6, 6.07) is 7.41. The Morgan fingerprint density at radius 3 is 2.75 bits per heavy atom. The molecule has 2 aromatic heterocycles. The predicted molar refractivity (Wildman–Crippen MR) is 104 cm³/mol. The highest BCUT2D eigenvalue weighted by molar-refractivity contribution is 5.78. The summed E-state index contributed by atoms with van der Waals surface area (Å²) in [4.78, 5) is 27.7. The first kappa shape index (κ1) is 17.9. The minimum absolute atomic E-state index is 0.0317. The summed E-state index contributed by atoms with van der Waals surface area (Å²) in [6.07, 6.45) is 6.58. The summed E-state index contributed by atoms with van der Waals surface area (Å²) >= 11 is 0. The Kier molecular flexibility index (Phi) is 4.89. The molecule has 1 aliphatic rings. The van der Waals surface area contributed by atoms with E-state index in [-0.39, 0.29) is 5.56 Å². The molecule has 0 radical (unpaired) electrons. The molecule has 0 bridgehead atoms. The quantitative estimate of drug-likeness (QED) is 0.687. The van der Waals surface area contributed by atoms with Crippen molar-refractivity contribution in [2.45, 2.75) is 19.4 Å². The van der Waals surface area contributed by atoms with Gasteiger partial charge < -0.3 is 9.64 Å². The van der Waals surface area contributed by atoms with Gasteiger partial charge in [-0.3, -0.25) is 9.36 Å². The number of piperidine rings is 1. The van der Waals surface area contributed by atoms with E-state index < -0.39 is 0 Å². The predicted octanol–water partition coefficient (Wildman–Crippen LogP) is 1.98. The van der Waals surface area contributed by atoms with Crippen LogP contribution in [0.5, 0.6) is 5.75 Å². The summed E-state index contributed by atoms with van der Waals surface area (Å²) in [7, 11) is 1.59. The van der Waals surface area contributed by atoms with Crippen LogP contribution in [-0.2, 0) is 6.54 Å². The first-order valence-electron chi connectivity index (χ1n) is 9.19. The summed E-state index contributed by atoms with van der Waals surface area (Å²) in [5.41, 5.74) is 0.962. The maximum Gasteiger partial charge on any atom is 0.261 e. The number of aromatic nitrogens is 4. The molecule has 0 saturated carbocycles. The number of anilines is 1. The Hall–Kier alpha value is -3.47. The Morgan fingerprint density at radius 1 is 1.21 bits per heavy atom. The zero-order valence-electron chi connectivity index (χ0n) is 15.6. The third kappa shape index (κ3) is 3.39. The second kappa shape index (κ2) is 7.64. The van der Waals surface area contributed by atoms with Crippen LogP contribution in [0.15, 0.2) is 41.7 Å². The van der Waals surface area contributed by atoms with Crippen LogP contribution in [0.25, 0.3) is 10.9 Å². The number of nitriles is 1. The van der Waals surface area contributed by atoms with Gasteiger partial charge in [-0.15, -0.1) is 0 Å². The van der Waals surface area contributed by atoms with E-state index in [1.165, 1.54) is 6.20 Å². The number of hydrogen-bond acceptors (Lipinski definition) is 7. The van der Waals surface area contributed by atoms with Crippen molar-refractivity contribution >= 4 is 16.7 Å². The van der Waals surface area contributed by atoms with Crippen molar-refractivity contribution in [1.82, 2.24) is 19.5 Å². The van der Waals surface area contributed by atoms with Gasteiger partial charge in [0.15, 0.2) is 11.5 Å². The van der Waals surface area contributed by atoms with Crippen molar-refractivity contribution in [3.63, 3.8) is 0 Å². The van der Waals surface area contributed by atoms with Crippen molar-refractivity contribution in [3.8, 4) is 11.8 Å². The zero-order valence-corrected chi connectivity index (χ0v) is 15.6. The average Bonchev–Trinajstić information content (AvgIpc) is 2.76. The molecule has 1 saturated heterocycles. The summed E-state index contributed by atoms with van der Waals surface area (Å²) in [5.74, 6) is 1.70. The summed E-state index contributed by atoms with van der Waals surface area (Å²) < 4.78 is 6.89. The third-order valence-electron chi connectivity index (χ3n) is 5.19. The topological polar surface area (TPSA) is 96.9 Å². The Balaban J connectivity index is 1.47. The molecular weight excluding hydrogens is 356 g/mol. The molecular formula is C20H20N6O2. The largest absolute Gasteiger partial charge is 0.497 e. The van der Waals surface area contributed by atoms with Crippen molar-refractivity contribution < 1.29 is 4.74 Å². The molecule has 1 aliphatic heterocycles. The summed E-state index contributed by atoms with van der Waals surface area (Å²) in [5, 5.41) is 9.81. The van der Waals surface area contributed by atoms with Crippen LogP contribution in [0.1, 0.15) is 18.5 Å². The second-order valence-corrected chi connectivity index (χ2v) is 6.86. The number of methoxy groups -OCH3 is 1. The number of ether oxygens (including phenoxy) is 1. The second-order valence-electron chi connectivity index (χ2n) is 6.86. The van der Waals surface area contributed by atoms with Crippen LogP contribution in [0.4, 0.5) is 5.82 Å². The molecule has 8 nitrogen and oxygen atoms in total. The van der Waals surface area contributed by atoms with Gasteiger partial charge >= 0.3 is 0 Å². The van der Waals surface area contributed by atoms with Crippen LogP contribution in [-0.4, -0.2) is 39.7 Å². The van der Waals surface area contributed by atoms with E-state index in [0.717, 1.165) is 25.9 Å². The fourth-order valence-corrected chi connectivity index (χ4v) is 3.64. The van der Waals surface area contributed by atoms with Crippen LogP contribution < -0.4 is 15.2 Å². The monoisotopic (exact) mass is 376 g/mol.